The molecule has 0 fully saturated rings. The van der Waals surface area contributed by atoms with E-state index in [4.69, 9.17) is 0 Å². The maximum absolute atomic E-state index is 15.0. The highest BCUT2D eigenvalue weighted by atomic mass is 19.2. The van der Waals surface area contributed by atoms with Gasteiger partial charge in [0.05, 0.1) is 24.1 Å². The number of carbonyl (C=O) groups is 2. The van der Waals surface area contributed by atoms with E-state index in [0.29, 0.717) is 22.6 Å². The minimum absolute atomic E-state index is 0.00437. The molecule has 0 unspecified atom stereocenters. The number of nitrogens with zero attached hydrogens (tertiary/aromatic N) is 3. The summed E-state index contributed by atoms with van der Waals surface area (Å²) in [6, 6.07) is 6.10. The number of carbonyl (C=O) groups excluding carboxylic acids is 2. The molecule has 2 amide bonds. The Hall–Kier alpha value is -5.26. The zero-order valence-electron chi connectivity index (χ0n) is 21.0. The maximum atomic E-state index is 15.0. The minimum Gasteiger partial charge on any atom is -0.348 e. The Labute approximate surface area is 225 Å². The number of halogens is 3. The molecule has 0 radical (unpaired) electrons. The number of nitrogens with one attached hydrogen (secondary N) is 3. The molecule has 9 nitrogen and oxygen atoms in total. The fourth-order valence-corrected chi connectivity index (χ4v) is 4.18. The summed E-state index contributed by atoms with van der Waals surface area (Å²) in [6.07, 6.45) is 8.48. The number of amides is 2. The summed E-state index contributed by atoms with van der Waals surface area (Å²) in [5, 5.41) is 5.20. The molecule has 3 N–H and O–H groups in total. The lowest BCUT2D eigenvalue weighted by Crippen LogP contribution is -2.33. The van der Waals surface area contributed by atoms with Crippen LogP contribution in [-0.4, -0.2) is 37.9 Å². The van der Waals surface area contributed by atoms with E-state index in [1.165, 1.54) is 24.5 Å². The first-order chi connectivity index (χ1) is 19.2. The second-order valence-corrected chi connectivity index (χ2v) is 8.99. The number of imidazole rings is 1. The van der Waals surface area contributed by atoms with Gasteiger partial charge in [-0.05, 0) is 48.4 Å². The molecule has 1 aliphatic heterocycles. The third-order valence-corrected chi connectivity index (χ3v) is 6.05. The van der Waals surface area contributed by atoms with Gasteiger partial charge in [0.1, 0.15) is 17.2 Å². The van der Waals surface area contributed by atoms with Gasteiger partial charge in [-0.3, -0.25) is 19.0 Å². The number of hydrogen-bond acceptors (Lipinski definition) is 5. The van der Waals surface area contributed by atoms with Gasteiger partial charge in [-0.1, -0.05) is 18.2 Å². The summed E-state index contributed by atoms with van der Waals surface area (Å²) in [6.45, 7) is 1.71. The quantitative estimate of drug-likeness (QED) is 0.306. The summed E-state index contributed by atoms with van der Waals surface area (Å²) in [7, 11) is 0. The van der Waals surface area contributed by atoms with Crippen molar-refractivity contribution in [3.63, 3.8) is 0 Å². The Bertz CT molecular complexity index is 1770. The molecule has 12 heteroatoms. The minimum atomic E-state index is -1.05. The molecule has 4 aromatic rings. The van der Waals surface area contributed by atoms with E-state index in [-0.39, 0.29) is 29.8 Å². The Morgan fingerprint density at radius 3 is 2.65 bits per heavy atom. The van der Waals surface area contributed by atoms with E-state index in [2.05, 4.69) is 25.6 Å². The zero-order valence-corrected chi connectivity index (χ0v) is 21.0. The molecule has 0 saturated heterocycles. The normalized spacial score (nSPS) is 13.6. The van der Waals surface area contributed by atoms with Gasteiger partial charge >= 0.3 is 0 Å². The maximum Gasteiger partial charge on any atom is 0.266 e. The van der Waals surface area contributed by atoms with Crippen molar-refractivity contribution in [2.45, 2.75) is 13.5 Å². The first-order valence-electron chi connectivity index (χ1n) is 12.0. The van der Waals surface area contributed by atoms with Gasteiger partial charge in [0.25, 0.3) is 17.4 Å². The van der Waals surface area contributed by atoms with Gasteiger partial charge < -0.3 is 15.6 Å². The first-order valence-corrected chi connectivity index (χ1v) is 12.0. The predicted octanol–water partition coefficient (Wildman–Crippen LogP) is 3.68. The number of rotatable bonds is 7. The molecule has 2 aromatic carbocycles. The van der Waals surface area contributed by atoms with Crippen molar-refractivity contribution in [1.29, 1.82) is 0 Å². The van der Waals surface area contributed by atoms with E-state index in [9.17, 15) is 27.6 Å². The molecule has 0 bridgehead atoms. The number of benzene rings is 2. The fourth-order valence-electron chi connectivity index (χ4n) is 4.18. The van der Waals surface area contributed by atoms with Crippen LogP contribution in [0.5, 0.6) is 0 Å². The van der Waals surface area contributed by atoms with Crippen LogP contribution in [0.3, 0.4) is 0 Å². The number of hydrogen-bond donors (Lipinski definition) is 3. The highest BCUT2D eigenvalue weighted by Crippen LogP contribution is 2.36. The standard InChI is InChI=1S/C28H21F3N6O3/c1-15-11-34-24(35-15)10-18-25-22(31)7-16(9-23(25)36-27(18)39)3-2-6-33-26(38)19-12-32-14-37(28(19)40)13-17-4-5-20(29)21(30)8-17/h2-5,7-12,14H,6,13H2,1H3,(H,33,38)(H,34,35)(H,36,39)/b3-2?,18-10-. The molecule has 3 heterocycles. The summed E-state index contributed by atoms with van der Waals surface area (Å²) < 4.78 is 42.7. The molecule has 0 saturated carbocycles. The lowest BCUT2D eigenvalue weighted by atomic mass is 10.0. The average molecular weight is 547 g/mol. The van der Waals surface area contributed by atoms with Crippen molar-refractivity contribution in [2.75, 3.05) is 11.9 Å². The molecule has 5 rings (SSSR count). The Balaban J connectivity index is 1.25. The molecule has 2 aromatic heterocycles. The molecule has 0 spiro atoms. The largest absolute Gasteiger partial charge is 0.348 e. The van der Waals surface area contributed by atoms with Crippen LogP contribution in [0, 0.1) is 24.4 Å². The van der Waals surface area contributed by atoms with Crippen LogP contribution in [0.15, 0.2) is 59.9 Å². The van der Waals surface area contributed by atoms with Crippen molar-refractivity contribution in [3.8, 4) is 0 Å². The van der Waals surface area contributed by atoms with Crippen molar-refractivity contribution >= 4 is 35.2 Å². The Kier molecular flexibility index (Phi) is 7.15. The summed E-state index contributed by atoms with van der Waals surface area (Å²) in [4.78, 5) is 48.7. The van der Waals surface area contributed by atoms with E-state index in [1.54, 1.807) is 24.4 Å². The third kappa shape index (κ3) is 5.46. The van der Waals surface area contributed by atoms with Crippen molar-refractivity contribution in [3.05, 3.63) is 117 Å². The van der Waals surface area contributed by atoms with Crippen LogP contribution in [0.1, 0.15) is 38.6 Å². The van der Waals surface area contributed by atoms with Crippen LogP contribution >= 0.6 is 0 Å². The molecule has 1 aliphatic rings. The number of H-pyrrole nitrogens is 1. The molecule has 40 heavy (non-hydrogen) atoms. The fraction of sp³-hybridized carbons (Fsp3) is 0.107. The smallest absolute Gasteiger partial charge is 0.266 e. The summed E-state index contributed by atoms with van der Waals surface area (Å²) >= 11 is 0. The van der Waals surface area contributed by atoms with Gasteiger partial charge in [-0.15, -0.1) is 0 Å². The molecule has 202 valence electrons. The lowest BCUT2D eigenvalue weighted by Gasteiger charge is -2.08. The van der Waals surface area contributed by atoms with E-state index >= 15 is 0 Å². The van der Waals surface area contributed by atoms with Gasteiger partial charge in [0.15, 0.2) is 11.6 Å². The number of anilines is 1. The Morgan fingerprint density at radius 1 is 1.07 bits per heavy atom. The van der Waals surface area contributed by atoms with Gasteiger partial charge in [0.2, 0.25) is 0 Å². The number of fused-ring (bicyclic) bond motifs is 1. The molecule has 0 aliphatic carbocycles. The summed E-state index contributed by atoms with van der Waals surface area (Å²) in [5.41, 5.74) is 1.25. The predicted molar refractivity (Wildman–Crippen MR) is 142 cm³/mol. The van der Waals surface area contributed by atoms with Crippen LogP contribution in [0.4, 0.5) is 18.9 Å². The van der Waals surface area contributed by atoms with Crippen molar-refractivity contribution in [2.24, 2.45) is 0 Å². The van der Waals surface area contributed by atoms with Gasteiger partial charge in [-0.25, -0.2) is 23.1 Å². The SMILES string of the molecule is Cc1cnc(/C=C2\C(=O)Nc3cc(C=CCNC(=O)c4cncn(Cc5ccc(F)c(F)c5)c4=O)cc(F)c32)[nH]1. The number of aromatic amines is 1. The molecular formula is C28H21F3N6O3. The first kappa shape index (κ1) is 26.4. The highest BCUT2D eigenvalue weighted by molar-refractivity contribution is 6.34. The Morgan fingerprint density at radius 2 is 1.90 bits per heavy atom. The number of aromatic nitrogens is 4. The molecular weight excluding hydrogens is 525 g/mol. The average Bonchev–Trinajstić information content (AvgIpc) is 3.47. The second-order valence-electron chi connectivity index (χ2n) is 8.99. The van der Waals surface area contributed by atoms with E-state index in [0.717, 1.165) is 28.6 Å². The van der Waals surface area contributed by atoms with Crippen molar-refractivity contribution < 1.29 is 22.8 Å². The van der Waals surface area contributed by atoms with Crippen LogP contribution in [0.2, 0.25) is 0 Å². The highest BCUT2D eigenvalue weighted by Gasteiger charge is 2.28. The zero-order chi connectivity index (χ0) is 28.4. The monoisotopic (exact) mass is 546 g/mol. The van der Waals surface area contributed by atoms with E-state index in [1.807, 2.05) is 6.92 Å². The number of aryl methyl sites for hydroxylation is 1. The lowest BCUT2D eigenvalue weighted by molar-refractivity contribution is -0.110. The van der Waals surface area contributed by atoms with E-state index < -0.39 is 34.8 Å². The summed E-state index contributed by atoms with van der Waals surface area (Å²) in [5.74, 6) is -3.39. The van der Waals surface area contributed by atoms with Crippen LogP contribution < -0.4 is 16.2 Å². The third-order valence-electron chi connectivity index (χ3n) is 6.05. The topological polar surface area (TPSA) is 122 Å². The molecule has 0 atom stereocenters. The van der Waals surface area contributed by atoms with Gasteiger partial charge in [-0.2, -0.15) is 0 Å². The van der Waals surface area contributed by atoms with Crippen LogP contribution in [0.25, 0.3) is 17.7 Å². The van der Waals surface area contributed by atoms with Gasteiger partial charge in [0, 0.05) is 30.2 Å². The second kappa shape index (κ2) is 10.8. The van der Waals surface area contributed by atoms with Crippen molar-refractivity contribution in [1.82, 2.24) is 24.8 Å². The van der Waals surface area contributed by atoms with Crippen LogP contribution in [-0.2, 0) is 11.3 Å².